The molecule has 2 aliphatic rings. The minimum absolute atomic E-state index is 0.0371. The molecule has 2 rings (SSSR count). The highest BCUT2D eigenvalue weighted by atomic mass is 32.2. The van der Waals surface area contributed by atoms with Crippen molar-refractivity contribution in [2.75, 3.05) is 6.61 Å². The molecule has 1 saturated carbocycles. The molecule has 1 aliphatic heterocycles. The van der Waals surface area contributed by atoms with Crippen molar-refractivity contribution in [3.63, 3.8) is 0 Å². The van der Waals surface area contributed by atoms with Crippen LogP contribution in [0, 0.1) is 0 Å². The number of rotatable bonds is 1. The Bertz CT molecular complexity index is 163. The second-order valence-electron chi connectivity index (χ2n) is 2.99. The molecule has 58 valence electrons. The Morgan fingerprint density at radius 3 is 2.60 bits per heavy atom. The van der Waals surface area contributed by atoms with Gasteiger partial charge in [-0.25, -0.2) is 0 Å². The molecule has 3 N–H and O–H groups in total. The first-order valence-electron chi connectivity index (χ1n) is 3.35. The number of aliphatic hydroxyl groups is 3. The molecule has 0 aromatic carbocycles. The summed E-state index contributed by atoms with van der Waals surface area (Å²) in [5.41, 5.74) is -0.849. The maximum absolute atomic E-state index is 9.46. The first-order valence-corrected chi connectivity index (χ1v) is 4.29. The van der Waals surface area contributed by atoms with E-state index in [1.54, 1.807) is 0 Å². The lowest BCUT2D eigenvalue weighted by atomic mass is 10.1. The molecule has 0 spiro atoms. The van der Waals surface area contributed by atoms with Crippen LogP contribution in [0.4, 0.5) is 0 Å². The Morgan fingerprint density at radius 1 is 1.60 bits per heavy atom. The molecular formula is C6H10O3S. The van der Waals surface area contributed by atoms with E-state index in [-0.39, 0.29) is 17.1 Å². The van der Waals surface area contributed by atoms with E-state index in [1.165, 1.54) is 11.8 Å². The normalized spacial score (nSPS) is 58.5. The van der Waals surface area contributed by atoms with Gasteiger partial charge >= 0.3 is 0 Å². The molecule has 4 unspecified atom stereocenters. The third-order valence-corrected chi connectivity index (χ3v) is 3.95. The van der Waals surface area contributed by atoms with Crippen LogP contribution in [-0.2, 0) is 0 Å². The monoisotopic (exact) mass is 162 g/mol. The Kier molecular flexibility index (Phi) is 1.30. The molecule has 0 aromatic rings. The van der Waals surface area contributed by atoms with Gasteiger partial charge in [-0.1, -0.05) is 0 Å². The summed E-state index contributed by atoms with van der Waals surface area (Å²) in [7, 11) is 0. The lowest BCUT2D eigenvalue weighted by Crippen LogP contribution is -2.35. The van der Waals surface area contributed by atoms with E-state index in [4.69, 9.17) is 5.11 Å². The number of aliphatic hydroxyl groups excluding tert-OH is 2. The third-order valence-electron chi connectivity index (χ3n) is 2.29. The van der Waals surface area contributed by atoms with Gasteiger partial charge in [0.15, 0.2) is 0 Å². The maximum atomic E-state index is 9.46. The minimum atomic E-state index is -0.849. The summed E-state index contributed by atoms with van der Waals surface area (Å²) in [5, 5.41) is 27.5. The van der Waals surface area contributed by atoms with E-state index in [1.807, 2.05) is 0 Å². The number of thioether (sulfide) groups is 1. The Morgan fingerprint density at radius 2 is 2.30 bits per heavy atom. The molecule has 3 nitrogen and oxygen atoms in total. The predicted molar refractivity (Wildman–Crippen MR) is 37.8 cm³/mol. The minimum Gasteiger partial charge on any atom is -0.395 e. The number of fused-ring (bicyclic) bond motifs is 1. The van der Waals surface area contributed by atoms with Gasteiger partial charge in [-0.2, -0.15) is 0 Å². The van der Waals surface area contributed by atoms with E-state index < -0.39 is 11.7 Å². The summed E-state index contributed by atoms with van der Waals surface area (Å²) in [5.74, 6) is 0. The van der Waals surface area contributed by atoms with Gasteiger partial charge in [0.25, 0.3) is 0 Å². The van der Waals surface area contributed by atoms with Crippen LogP contribution < -0.4 is 0 Å². The van der Waals surface area contributed by atoms with E-state index in [0.717, 1.165) is 0 Å². The second-order valence-corrected chi connectivity index (χ2v) is 4.43. The Balaban J connectivity index is 2.09. The molecular weight excluding hydrogens is 152 g/mol. The molecule has 4 atom stereocenters. The zero-order valence-corrected chi connectivity index (χ0v) is 6.21. The van der Waals surface area contributed by atoms with Gasteiger partial charge < -0.3 is 15.3 Å². The summed E-state index contributed by atoms with van der Waals surface area (Å²) in [6, 6.07) is 0. The van der Waals surface area contributed by atoms with Crippen molar-refractivity contribution in [2.24, 2.45) is 0 Å². The van der Waals surface area contributed by atoms with E-state index in [2.05, 4.69) is 0 Å². The highest BCUT2D eigenvalue weighted by molar-refractivity contribution is 8.01. The molecule has 1 heterocycles. The van der Waals surface area contributed by atoms with E-state index in [0.29, 0.717) is 6.42 Å². The van der Waals surface area contributed by atoms with Gasteiger partial charge in [0.2, 0.25) is 0 Å². The van der Waals surface area contributed by atoms with Gasteiger partial charge in [-0.05, 0) is 6.42 Å². The van der Waals surface area contributed by atoms with Gasteiger partial charge in [0, 0.05) is 5.25 Å². The number of hydrogen-bond acceptors (Lipinski definition) is 4. The van der Waals surface area contributed by atoms with Crippen LogP contribution in [-0.4, -0.2) is 44.1 Å². The van der Waals surface area contributed by atoms with Gasteiger partial charge in [-0.15, -0.1) is 11.8 Å². The highest BCUT2D eigenvalue weighted by Crippen LogP contribution is 2.57. The van der Waals surface area contributed by atoms with Gasteiger partial charge in [-0.3, -0.25) is 0 Å². The van der Waals surface area contributed by atoms with Crippen LogP contribution in [0.15, 0.2) is 0 Å². The summed E-state index contributed by atoms with van der Waals surface area (Å²) < 4.78 is 0. The fourth-order valence-electron chi connectivity index (χ4n) is 1.47. The van der Waals surface area contributed by atoms with Crippen molar-refractivity contribution in [2.45, 2.75) is 28.6 Å². The maximum Gasteiger partial charge on any atom is 0.105 e. The molecule has 10 heavy (non-hydrogen) atoms. The lowest BCUT2D eigenvalue weighted by molar-refractivity contribution is -0.000842. The summed E-state index contributed by atoms with van der Waals surface area (Å²) in [6.07, 6.45) is -0.0255. The van der Waals surface area contributed by atoms with E-state index >= 15 is 0 Å². The van der Waals surface area contributed by atoms with Crippen LogP contribution in [0.5, 0.6) is 0 Å². The van der Waals surface area contributed by atoms with Crippen molar-refractivity contribution in [3.05, 3.63) is 0 Å². The van der Waals surface area contributed by atoms with Crippen molar-refractivity contribution >= 4 is 11.8 Å². The predicted octanol–water partition coefficient (Wildman–Crippen LogP) is -1.04. The fraction of sp³-hybridized carbons (Fsp3) is 1.00. The van der Waals surface area contributed by atoms with Crippen LogP contribution >= 0.6 is 11.8 Å². The molecule has 0 aromatic heterocycles. The molecule has 1 aliphatic carbocycles. The smallest absolute Gasteiger partial charge is 0.105 e. The standard InChI is InChI=1S/C6H10O3S/c7-2-3-5(8)6(9)1-4(6)10-3/h3-5,7-9H,1-2H2. The molecule has 2 fully saturated rings. The van der Waals surface area contributed by atoms with Crippen LogP contribution in [0.3, 0.4) is 0 Å². The molecule has 0 radical (unpaired) electrons. The fourth-order valence-corrected chi connectivity index (χ4v) is 3.10. The number of hydrogen-bond donors (Lipinski definition) is 3. The molecule has 0 bridgehead atoms. The average molecular weight is 162 g/mol. The van der Waals surface area contributed by atoms with Crippen LogP contribution in [0.2, 0.25) is 0 Å². The van der Waals surface area contributed by atoms with Gasteiger partial charge in [0.05, 0.1) is 18.0 Å². The van der Waals surface area contributed by atoms with Gasteiger partial charge in [0.1, 0.15) is 5.60 Å². The van der Waals surface area contributed by atoms with E-state index in [9.17, 15) is 10.2 Å². The Labute approximate surface area is 63.1 Å². The summed E-state index contributed by atoms with van der Waals surface area (Å²) >= 11 is 1.50. The highest BCUT2D eigenvalue weighted by Gasteiger charge is 2.66. The lowest BCUT2D eigenvalue weighted by Gasteiger charge is -2.16. The van der Waals surface area contributed by atoms with Crippen molar-refractivity contribution in [1.82, 2.24) is 0 Å². The van der Waals surface area contributed by atoms with Crippen molar-refractivity contribution in [1.29, 1.82) is 0 Å². The average Bonchev–Trinajstić information content (AvgIpc) is 2.51. The van der Waals surface area contributed by atoms with Crippen molar-refractivity contribution < 1.29 is 15.3 Å². The third kappa shape index (κ3) is 0.676. The quantitative estimate of drug-likeness (QED) is 0.461. The second kappa shape index (κ2) is 1.88. The first-order chi connectivity index (χ1) is 4.68. The SMILES string of the molecule is OCC1SC2CC2(O)C1O. The van der Waals surface area contributed by atoms with Crippen molar-refractivity contribution in [3.8, 4) is 0 Å². The first kappa shape index (κ1) is 6.91. The van der Waals surface area contributed by atoms with Crippen LogP contribution in [0.1, 0.15) is 6.42 Å². The zero-order valence-electron chi connectivity index (χ0n) is 5.40. The zero-order chi connectivity index (χ0) is 7.35. The largest absolute Gasteiger partial charge is 0.395 e. The molecule has 0 amide bonds. The Hall–Kier alpha value is 0.230. The van der Waals surface area contributed by atoms with Crippen LogP contribution in [0.25, 0.3) is 0 Å². The summed E-state index contributed by atoms with van der Waals surface area (Å²) in [6.45, 7) is -0.0371. The summed E-state index contributed by atoms with van der Waals surface area (Å²) in [4.78, 5) is 0. The topological polar surface area (TPSA) is 60.7 Å². The molecule has 4 heteroatoms. The molecule has 1 saturated heterocycles.